The lowest BCUT2D eigenvalue weighted by Crippen LogP contribution is -2.08. The highest BCUT2D eigenvalue weighted by Crippen LogP contribution is 2.34. The molecule has 0 aliphatic rings. The molecule has 0 aromatic carbocycles. The van der Waals surface area contributed by atoms with Crippen LogP contribution in [-0.4, -0.2) is 5.16 Å². The summed E-state index contributed by atoms with van der Waals surface area (Å²) >= 11 is 5.23. The van der Waals surface area contributed by atoms with Gasteiger partial charge in [-0.1, -0.05) is 5.16 Å². The molecule has 0 amide bonds. The van der Waals surface area contributed by atoms with Gasteiger partial charge in [-0.2, -0.15) is 13.2 Å². The van der Waals surface area contributed by atoms with E-state index in [1.807, 2.05) is 0 Å². The normalized spacial score (nSPS) is 12.1. The van der Waals surface area contributed by atoms with E-state index in [1.165, 1.54) is 6.92 Å². The zero-order valence-electron chi connectivity index (χ0n) is 6.07. The molecule has 0 aliphatic heterocycles. The van der Waals surface area contributed by atoms with Gasteiger partial charge >= 0.3 is 6.18 Å². The van der Waals surface area contributed by atoms with Crippen LogP contribution < -0.4 is 0 Å². The molecule has 0 saturated carbocycles. The number of aryl methyl sites for hydroxylation is 1. The third kappa shape index (κ3) is 1.55. The van der Waals surface area contributed by atoms with Crippen LogP contribution >= 0.6 is 11.6 Å². The van der Waals surface area contributed by atoms with E-state index < -0.39 is 11.7 Å². The monoisotopic (exact) mass is 199 g/mol. The number of nitrogens with zero attached hydrogens (tertiary/aromatic N) is 1. The quantitative estimate of drug-likeness (QED) is 0.650. The van der Waals surface area contributed by atoms with Gasteiger partial charge in [0.05, 0.1) is 5.88 Å². The van der Waals surface area contributed by atoms with E-state index in [-0.39, 0.29) is 17.3 Å². The van der Waals surface area contributed by atoms with Gasteiger partial charge in [0.1, 0.15) is 17.0 Å². The van der Waals surface area contributed by atoms with Crippen molar-refractivity contribution in [2.75, 3.05) is 0 Å². The summed E-state index contributed by atoms with van der Waals surface area (Å²) in [6, 6.07) is 0. The highest BCUT2D eigenvalue weighted by atomic mass is 35.5. The molecule has 12 heavy (non-hydrogen) atoms. The Morgan fingerprint density at radius 1 is 1.50 bits per heavy atom. The van der Waals surface area contributed by atoms with Gasteiger partial charge in [0, 0.05) is 0 Å². The Bertz CT molecular complexity index is 281. The van der Waals surface area contributed by atoms with Crippen LogP contribution in [0.4, 0.5) is 13.2 Å². The molecule has 1 rings (SSSR count). The Hall–Kier alpha value is -0.710. The second kappa shape index (κ2) is 2.97. The van der Waals surface area contributed by atoms with Crippen molar-refractivity contribution < 1.29 is 17.7 Å². The summed E-state index contributed by atoms with van der Waals surface area (Å²) in [5.41, 5.74) is -1.13. The van der Waals surface area contributed by atoms with Crippen LogP contribution in [-0.2, 0) is 12.1 Å². The van der Waals surface area contributed by atoms with Crippen molar-refractivity contribution in [3.05, 3.63) is 17.0 Å². The van der Waals surface area contributed by atoms with Crippen molar-refractivity contribution >= 4 is 11.6 Å². The van der Waals surface area contributed by atoms with E-state index in [0.29, 0.717) is 0 Å². The minimum Gasteiger partial charge on any atom is -0.361 e. The minimum absolute atomic E-state index is 0.252. The predicted octanol–water partition coefficient (Wildman–Crippen LogP) is 2.74. The maximum atomic E-state index is 12.2. The van der Waals surface area contributed by atoms with Crippen LogP contribution in [0.5, 0.6) is 0 Å². The third-order valence-corrected chi connectivity index (χ3v) is 1.60. The van der Waals surface area contributed by atoms with E-state index in [0.717, 1.165) is 0 Å². The van der Waals surface area contributed by atoms with Crippen molar-refractivity contribution in [2.45, 2.75) is 19.0 Å². The smallest absolute Gasteiger partial charge is 0.361 e. The Labute approximate surface area is 71.3 Å². The molecule has 68 valence electrons. The maximum Gasteiger partial charge on any atom is 0.421 e. The molecular formula is C6H5ClF3NO. The standard InChI is InChI=1S/C6H5ClF3NO/c1-3-5(6(8,9)10)4(2-7)11-12-3/h2H2,1H3. The zero-order chi connectivity index (χ0) is 9.35. The molecule has 0 atom stereocenters. The number of halogens is 4. The first-order valence-corrected chi connectivity index (χ1v) is 3.58. The van der Waals surface area contributed by atoms with Crippen molar-refractivity contribution in [1.82, 2.24) is 5.16 Å². The second-order valence-electron chi connectivity index (χ2n) is 2.19. The number of rotatable bonds is 1. The van der Waals surface area contributed by atoms with Crippen LogP contribution in [0.3, 0.4) is 0 Å². The molecule has 0 radical (unpaired) electrons. The fourth-order valence-corrected chi connectivity index (χ4v) is 1.05. The average Bonchev–Trinajstić information content (AvgIpc) is 2.29. The summed E-state index contributed by atoms with van der Waals surface area (Å²) in [5.74, 6) is -0.551. The van der Waals surface area contributed by atoms with Gasteiger partial charge in [-0.15, -0.1) is 11.6 Å². The fraction of sp³-hybridized carbons (Fsp3) is 0.500. The molecular weight excluding hydrogens is 195 g/mol. The second-order valence-corrected chi connectivity index (χ2v) is 2.46. The lowest BCUT2D eigenvalue weighted by atomic mass is 10.2. The van der Waals surface area contributed by atoms with E-state index in [4.69, 9.17) is 11.6 Å². The van der Waals surface area contributed by atoms with Crippen molar-refractivity contribution in [2.24, 2.45) is 0 Å². The van der Waals surface area contributed by atoms with Gasteiger partial charge in [0.15, 0.2) is 0 Å². The molecule has 1 heterocycles. The van der Waals surface area contributed by atoms with Gasteiger partial charge < -0.3 is 4.52 Å². The molecule has 0 spiro atoms. The maximum absolute atomic E-state index is 12.2. The zero-order valence-corrected chi connectivity index (χ0v) is 6.83. The third-order valence-electron chi connectivity index (χ3n) is 1.34. The molecule has 1 aromatic heterocycles. The number of hydrogen-bond acceptors (Lipinski definition) is 2. The minimum atomic E-state index is -4.44. The van der Waals surface area contributed by atoms with Gasteiger partial charge in [0.2, 0.25) is 0 Å². The van der Waals surface area contributed by atoms with Gasteiger partial charge in [-0.3, -0.25) is 0 Å². The molecule has 0 N–H and O–H groups in total. The number of alkyl halides is 4. The Morgan fingerprint density at radius 2 is 2.08 bits per heavy atom. The summed E-state index contributed by atoms with van der Waals surface area (Å²) in [7, 11) is 0. The summed E-state index contributed by atoms with van der Waals surface area (Å²) in [5, 5.41) is 3.17. The number of aromatic nitrogens is 1. The first-order chi connectivity index (χ1) is 5.46. The van der Waals surface area contributed by atoms with Gasteiger partial charge in [-0.05, 0) is 6.92 Å². The van der Waals surface area contributed by atoms with Crippen LogP contribution in [0, 0.1) is 6.92 Å². The largest absolute Gasteiger partial charge is 0.421 e. The summed E-state index contributed by atoms with van der Waals surface area (Å²) in [4.78, 5) is 0. The Kier molecular flexibility index (Phi) is 2.32. The van der Waals surface area contributed by atoms with E-state index in [1.54, 1.807) is 0 Å². The first-order valence-electron chi connectivity index (χ1n) is 3.05. The van der Waals surface area contributed by atoms with Crippen molar-refractivity contribution in [3.8, 4) is 0 Å². The molecule has 1 aromatic rings. The summed E-state index contributed by atoms with van der Waals surface area (Å²) in [6.07, 6.45) is -4.44. The molecule has 0 saturated heterocycles. The molecule has 0 bridgehead atoms. The van der Waals surface area contributed by atoms with Crippen LogP contribution in [0.1, 0.15) is 17.0 Å². The van der Waals surface area contributed by atoms with E-state index >= 15 is 0 Å². The average molecular weight is 200 g/mol. The van der Waals surface area contributed by atoms with E-state index in [2.05, 4.69) is 9.68 Å². The lowest BCUT2D eigenvalue weighted by Gasteiger charge is -2.04. The highest BCUT2D eigenvalue weighted by molar-refractivity contribution is 6.17. The van der Waals surface area contributed by atoms with Gasteiger partial charge in [0.25, 0.3) is 0 Å². The summed E-state index contributed by atoms with van der Waals surface area (Å²) in [6.45, 7) is 1.20. The fourth-order valence-electron chi connectivity index (χ4n) is 0.872. The van der Waals surface area contributed by atoms with Crippen LogP contribution in [0.2, 0.25) is 0 Å². The number of hydrogen-bond donors (Lipinski definition) is 0. The van der Waals surface area contributed by atoms with Crippen molar-refractivity contribution in [1.29, 1.82) is 0 Å². The molecule has 6 heteroatoms. The molecule has 0 unspecified atom stereocenters. The van der Waals surface area contributed by atoms with E-state index in [9.17, 15) is 13.2 Å². The SMILES string of the molecule is Cc1onc(CCl)c1C(F)(F)F. The van der Waals surface area contributed by atoms with Crippen LogP contribution in [0.15, 0.2) is 4.52 Å². The first kappa shape index (κ1) is 9.38. The predicted molar refractivity (Wildman–Crippen MR) is 35.8 cm³/mol. The molecule has 0 fully saturated rings. The van der Waals surface area contributed by atoms with Crippen molar-refractivity contribution in [3.63, 3.8) is 0 Å². The lowest BCUT2D eigenvalue weighted by molar-refractivity contribution is -0.138. The molecule has 2 nitrogen and oxygen atoms in total. The highest BCUT2D eigenvalue weighted by Gasteiger charge is 2.38. The Balaban J connectivity index is 3.19. The Morgan fingerprint density at radius 3 is 2.42 bits per heavy atom. The topological polar surface area (TPSA) is 26.0 Å². The summed E-state index contributed by atoms with van der Waals surface area (Å²) < 4.78 is 40.9. The molecule has 0 aliphatic carbocycles. The van der Waals surface area contributed by atoms with Gasteiger partial charge in [-0.25, -0.2) is 0 Å². The van der Waals surface area contributed by atoms with Crippen LogP contribution in [0.25, 0.3) is 0 Å².